The van der Waals surface area contributed by atoms with Gasteiger partial charge in [0, 0.05) is 39.5 Å². The van der Waals surface area contributed by atoms with Crippen molar-refractivity contribution in [3.8, 4) is 33.4 Å². The molecule has 0 saturated carbocycles. The summed E-state index contributed by atoms with van der Waals surface area (Å²) in [6.45, 7) is 13.5. The summed E-state index contributed by atoms with van der Waals surface area (Å²) in [5, 5.41) is 0. The molecule has 1 atom stereocenters. The van der Waals surface area contributed by atoms with E-state index in [1.165, 1.54) is 112 Å². The highest BCUT2D eigenvalue weighted by Gasteiger charge is 2.39. The number of fused-ring (bicyclic) bond motifs is 3. The Hall–Kier alpha value is -6.64. The smallest absolute Gasteiger partial charge is 0.0464 e. The molecule has 0 N–H and O–H groups in total. The van der Waals surface area contributed by atoms with Gasteiger partial charge in [0.2, 0.25) is 0 Å². The van der Waals surface area contributed by atoms with Crippen LogP contribution >= 0.6 is 0 Å². The van der Waals surface area contributed by atoms with Gasteiger partial charge in [-0.2, -0.15) is 0 Å². The summed E-state index contributed by atoms with van der Waals surface area (Å²) in [5.74, 6) is 0. The molecule has 8 aromatic rings. The maximum absolute atomic E-state index is 2.50. The molecular weight excluding hydrogens is 773 g/mol. The maximum Gasteiger partial charge on any atom is 0.0464 e. The molecule has 0 fully saturated rings. The normalized spacial score (nSPS) is 14.0. The molecule has 64 heavy (non-hydrogen) atoms. The van der Waals surface area contributed by atoms with E-state index in [2.05, 4.69) is 233 Å². The van der Waals surface area contributed by atoms with Crippen LogP contribution < -0.4 is 9.80 Å². The average molecular weight is 835 g/mol. The molecule has 0 aliphatic heterocycles. The van der Waals surface area contributed by atoms with E-state index in [1.807, 2.05) is 0 Å². The molecule has 8 aromatic carbocycles. The SMILES string of the molecule is CCCCCCCCC1(C)c2cc(C)ccc2-c2ccc(-c3ccc(N(c4ccc(-c5ccc(N(c6ccc(C)cc6)c6cccc(C)c6)cc5)cc4)c4cccc(C)c4)cc3)cc21. The van der Waals surface area contributed by atoms with Crippen LogP contribution in [0.2, 0.25) is 0 Å². The van der Waals surface area contributed by atoms with Gasteiger partial charge in [-0.3, -0.25) is 0 Å². The van der Waals surface area contributed by atoms with Crippen LogP contribution in [0.1, 0.15) is 92.2 Å². The van der Waals surface area contributed by atoms with Crippen LogP contribution in [-0.4, -0.2) is 0 Å². The summed E-state index contributed by atoms with van der Waals surface area (Å²) < 4.78 is 0. The lowest BCUT2D eigenvalue weighted by Crippen LogP contribution is -2.21. The molecule has 1 unspecified atom stereocenters. The monoisotopic (exact) mass is 834 g/mol. The van der Waals surface area contributed by atoms with Crippen LogP contribution in [0.15, 0.2) is 182 Å². The second kappa shape index (κ2) is 18.6. The molecule has 0 bridgehead atoms. The minimum absolute atomic E-state index is 0.0106. The fourth-order valence-corrected chi connectivity index (χ4v) is 9.97. The van der Waals surface area contributed by atoms with Crippen molar-refractivity contribution in [3.05, 3.63) is 215 Å². The summed E-state index contributed by atoms with van der Waals surface area (Å²) in [5.41, 5.74) is 22.6. The summed E-state index contributed by atoms with van der Waals surface area (Å²) in [6, 6.07) is 67.8. The number of rotatable bonds is 15. The Balaban J connectivity index is 0.991. The van der Waals surface area contributed by atoms with E-state index in [4.69, 9.17) is 0 Å². The molecule has 0 spiro atoms. The van der Waals surface area contributed by atoms with E-state index >= 15 is 0 Å². The Kier molecular flexibility index (Phi) is 12.4. The van der Waals surface area contributed by atoms with Gasteiger partial charge in [-0.15, -0.1) is 0 Å². The third-order valence-corrected chi connectivity index (χ3v) is 13.6. The third kappa shape index (κ3) is 8.80. The highest BCUT2D eigenvalue weighted by molar-refractivity contribution is 5.86. The van der Waals surface area contributed by atoms with Gasteiger partial charge in [-0.1, -0.05) is 167 Å². The Morgan fingerprint density at radius 1 is 0.344 bits per heavy atom. The molecule has 2 heteroatoms. The summed E-state index contributed by atoms with van der Waals surface area (Å²) in [6.07, 6.45) is 9.08. The quantitative estimate of drug-likeness (QED) is 0.0950. The van der Waals surface area contributed by atoms with Crippen LogP contribution in [-0.2, 0) is 5.41 Å². The molecule has 0 radical (unpaired) electrons. The van der Waals surface area contributed by atoms with E-state index in [-0.39, 0.29) is 5.41 Å². The van der Waals surface area contributed by atoms with E-state index in [1.54, 1.807) is 0 Å². The van der Waals surface area contributed by atoms with Crippen molar-refractivity contribution in [2.45, 2.75) is 91.9 Å². The van der Waals surface area contributed by atoms with Crippen molar-refractivity contribution in [3.63, 3.8) is 0 Å². The fourth-order valence-electron chi connectivity index (χ4n) is 9.97. The predicted octanol–water partition coefficient (Wildman–Crippen LogP) is 18.2. The predicted molar refractivity (Wildman–Crippen MR) is 276 cm³/mol. The van der Waals surface area contributed by atoms with Gasteiger partial charge in [-0.05, 0) is 169 Å². The van der Waals surface area contributed by atoms with Crippen LogP contribution in [0, 0.1) is 27.7 Å². The van der Waals surface area contributed by atoms with Gasteiger partial charge < -0.3 is 9.80 Å². The fraction of sp³-hybridized carbons (Fsp3) is 0.226. The van der Waals surface area contributed by atoms with Crippen molar-refractivity contribution < 1.29 is 0 Å². The first kappa shape index (κ1) is 42.7. The summed E-state index contributed by atoms with van der Waals surface area (Å²) in [7, 11) is 0. The van der Waals surface area contributed by atoms with E-state index in [9.17, 15) is 0 Å². The molecule has 0 amide bonds. The van der Waals surface area contributed by atoms with Crippen molar-refractivity contribution in [1.82, 2.24) is 0 Å². The first-order valence-electron chi connectivity index (χ1n) is 23.6. The number of anilines is 6. The highest BCUT2D eigenvalue weighted by atomic mass is 15.1. The molecule has 0 aromatic heterocycles. The molecule has 320 valence electrons. The second-order valence-corrected chi connectivity index (χ2v) is 18.5. The molecule has 0 heterocycles. The number of aryl methyl sites for hydroxylation is 4. The van der Waals surface area contributed by atoms with Crippen LogP contribution in [0.4, 0.5) is 34.1 Å². The van der Waals surface area contributed by atoms with Gasteiger partial charge in [0.1, 0.15) is 0 Å². The van der Waals surface area contributed by atoms with Crippen LogP contribution in [0.25, 0.3) is 33.4 Å². The van der Waals surface area contributed by atoms with Gasteiger partial charge in [0.15, 0.2) is 0 Å². The Labute approximate surface area is 382 Å². The van der Waals surface area contributed by atoms with Gasteiger partial charge in [0.25, 0.3) is 0 Å². The van der Waals surface area contributed by atoms with Crippen molar-refractivity contribution >= 4 is 34.1 Å². The zero-order valence-corrected chi connectivity index (χ0v) is 38.7. The van der Waals surface area contributed by atoms with Crippen LogP contribution in [0.3, 0.4) is 0 Å². The first-order chi connectivity index (χ1) is 31.2. The molecule has 9 rings (SSSR count). The van der Waals surface area contributed by atoms with Gasteiger partial charge >= 0.3 is 0 Å². The topological polar surface area (TPSA) is 6.48 Å². The lowest BCUT2D eigenvalue weighted by molar-refractivity contribution is 0.480. The zero-order chi connectivity index (χ0) is 44.2. The van der Waals surface area contributed by atoms with Crippen molar-refractivity contribution in [2.24, 2.45) is 0 Å². The molecule has 1 aliphatic carbocycles. The Morgan fingerprint density at radius 3 is 1.23 bits per heavy atom. The highest BCUT2D eigenvalue weighted by Crippen LogP contribution is 2.53. The number of unbranched alkanes of at least 4 members (excludes halogenated alkanes) is 5. The Morgan fingerprint density at radius 2 is 0.734 bits per heavy atom. The number of hydrogen-bond donors (Lipinski definition) is 0. The number of hydrogen-bond acceptors (Lipinski definition) is 2. The van der Waals surface area contributed by atoms with E-state index in [0.29, 0.717) is 0 Å². The minimum atomic E-state index is 0.0106. The summed E-state index contributed by atoms with van der Waals surface area (Å²) in [4.78, 5) is 4.72. The molecule has 2 nitrogen and oxygen atoms in total. The van der Waals surface area contributed by atoms with Crippen molar-refractivity contribution in [1.29, 1.82) is 0 Å². The maximum atomic E-state index is 2.50. The summed E-state index contributed by atoms with van der Waals surface area (Å²) >= 11 is 0. The van der Waals surface area contributed by atoms with Crippen molar-refractivity contribution in [2.75, 3.05) is 9.80 Å². The average Bonchev–Trinajstić information content (AvgIpc) is 3.55. The number of nitrogens with zero attached hydrogens (tertiary/aromatic N) is 2. The first-order valence-corrected chi connectivity index (χ1v) is 23.6. The number of benzene rings is 8. The Bertz CT molecular complexity index is 2850. The van der Waals surface area contributed by atoms with Crippen LogP contribution in [0.5, 0.6) is 0 Å². The zero-order valence-electron chi connectivity index (χ0n) is 38.7. The van der Waals surface area contributed by atoms with Gasteiger partial charge in [0.05, 0.1) is 0 Å². The standard InChI is InChI=1S/C62H62N2/c1-7-8-9-10-11-12-39-62(6)60-42-47(5)21-37-58(60)59-38-28-51(43-61(59)62)50-26-35-55(36-27-50)64(57-18-14-16-46(4)41-57)54-33-24-49(25-34-54)48-22-31-53(32-23-48)63(52-29-19-44(2)20-30-52)56-17-13-15-45(3)40-56/h13-38,40-43H,7-12,39H2,1-6H3. The van der Waals surface area contributed by atoms with Gasteiger partial charge in [-0.25, -0.2) is 0 Å². The largest absolute Gasteiger partial charge is 0.310 e. The molecule has 0 saturated heterocycles. The molecular formula is C62H62N2. The molecule has 1 aliphatic rings. The van der Waals surface area contributed by atoms with E-state index in [0.717, 1.165) is 34.1 Å². The second-order valence-electron chi connectivity index (χ2n) is 18.5. The lowest BCUT2D eigenvalue weighted by atomic mass is 9.75. The van der Waals surface area contributed by atoms with E-state index < -0.39 is 0 Å². The lowest BCUT2D eigenvalue weighted by Gasteiger charge is -2.28. The minimum Gasteiger partial charge on any atom is -0.310 e. The third-order valence-electron chi connectivity index (χ3n) is 13.6.